The standard InChI is InChI=1S/C21H35N5O4/c1-4-24(5-2)17(27)14-23-10-12-25(13-11-23)18(28)15-26-19(29)21(22-20(26)30)8-6-16(3)7-9-21/h16H,4-15H2,1-3H3,(H,22,30). The zero-order valence-corrected chi connectivity index (χ0v) is 18.5. The van der Waals surface area contributed by atoms with Crippen LogP contribution in [0.25, 0.3) is 0 Å². The molecule has 1 saturated carbocycles. The number of rotatable bonds is 6. The second-order valence-corrected chi connectivity index (χ2v) is 8.81. The van der Waals surface area contributed by atoms with E-state index in [4.69, 9.17) is 0 Å². The van der Waals surface area contributed by atoms with Gasteiger partial charge in [0.1, 0.15) is 12.1 Å². The molecule has 0 bridgehead atoms. The lowest BCUT2D eigenvalue weighted by Crippen LogP contribution is -2.54. The van der Waals surface area contributed by atoms with Gasteiger partial charge in [-0.1, -0.05) is 6.92 Å². The third kappa shape index (κ3) is 4.61. The zero-order chi connectivity index (χ0) is 21.9. The Morgan fingerprint density at radius 1 is 1.03 bits per heavy atom. The molecule has 0 unspecified atom stereocenters. The molecule has 1 spiro atoms. The van der Waals surface area contributed by atoms with Crippen LogP contribution in [0.15, 0.2) is 0 Å². The summed E-state index contributed by atoms with van der Waals surface area (Å²) in [6.45, 7) is 9.84. The highest BCUT2D eigenvalue weighted by Crippen LogP contribution is 2.36. The van der Waals surface area contributed by atoms with Crippen molar-refractivity contribution in [1.29, 1.82) is 0 Å². The van der Waals surface area contributed by atoms with Crippen molar-refractivity contribution in [2.45, 2.75) is 52.0 Å². The van der Waals surface area contributed by atoms with E-state index in [1.165, 1.54) is 0 Å². The highest BCUT2D eigenvalue weighted by molar-refractivity contribution is 6.09. The largest absolute Gasteiger partial charge is 0.342 e. The van der Waals surface area contributed by atoms with E-state index >= 15 is 0 Å². The maximum Gasteiger partial charge on any atom is 0.325 e. The number of urea groups is 1. The predicted octanol–water partition coefficient (Wildman–Crippen LogP) is 0.500. The Bertz CT molecular complexity index is 677. The second-order valence-electron chi connectivity index (χ2n) is 8.81. The molecule has 3 aliphatic rings. The van der Waals surface area contributed by atoms with Crippen LogP contribution in [-0.2, 0) is 14.4 Å². The smallest absolute Gasteiger partial charge is 0.325 e. The summed E-state index contributed by atoms with van der Waals surface area (Å²) >= 11 is 0. The van der Waals surface area contributed by atoms with Gasteiger partial charge in [-0.25, -0.2) is 4.79 Å². The van der Waals surface area contributed by atoms with Gasteiger partial charge in [0.2, 0.25) is 11.8 Å². The molecule has 0 aromatic carbocycles. The number of carbonyl (C=O) groups is 4. The second kappa shape index (κ2) is 9.32. The van der Waals surface area contributed by atoms with E-state index in [2.05, 4.69) is 17.1 Å². The molecule has 2 aliphatic heterocycles. The fourth-order valence-electron chi connectivity index (χ4n) is 4.67. The Morgan fingerprint density at radius 3 is 2.20 bits per heavy atom. The van der Waals surface area contributed by atoms with Crippen molar-refractivity contribution in [3.63, 3.8) is 0 Å². The van der Waals surface area contributed by atoms with E-state index in [9.17, 15) is 19.2 Å². The van der Waals surface area contributed by atoms with Gasteiger partial charge in [0, 0.05) is 39.3 Å². The Balaban J connectivity index is 1.50. The van der Waals surface area contributed by atoms with E-state index in [0.29, 0.717) is 64.6 Å². The van der Waals surface area contributed by atoms with Crippen LogP contribution in [0, 0.1) is 5.92 Å². The predicted molar refractivity (Wildman–Crippen MR) is 112 cm³/mol. The molecule has 9 heteroatoms. The van der Waals surface area contributed by atoms with Crippen LogP contribution in [0.2, 0.25) is 0 Å². The van der Waals surface area contributed by atoms with Crippen molar-refractivity contribution in [1.82, 2.24) is 24.9 Å². The van der Waals surface area contributed by atoms with Crippen LogP contribution < -0.4 is 5.32 Å². The molecular formula is C21H35N5O4. The topological polar surface area (TPSA) is 93.3 Å². The third-order valence-electron chi connectivity index (χ3n) is 6.87. The van der Waals surface area contributed by atoms with Gasteiger partial charge in [0.15, 0.2) is 0 Å². The van der Waals surface area contributed by atoms with Crippen molar-refractivity contribution in [2.24, 2.45) is 5.92 Å². The van der Waals surface area contributed by atoms with Crippen molar-refractivity contribution in [3.05, 3.63) is 0 Å². The molecule has 0 aromatic heterocycles. The first kappa shape index (κ1) is 22.5. The summed E-state index contributed by atoms with van der Waals surface area (Å²) in [7, 11) is 0. The minimum absolute atomic E-state index is 0.103. The SMILES string of the molecule is CCN(CC)C(=O)CN1CCN(C(=O)CN2C(=O)NC3(CCC(C)CC3)C2=O)CC1. The van der Waals surface area contributed by atoms with Crippen LogP contribution in [0.1, 0.15) is 46.5 Å². The van der Waals surface area contributed by atoms with Crippen molar-refractivity contribution < 1.29 is 19.2 Å². The van der Waals surface area contributed by atoms with E-state index in [0.717, 1.165) is 17.7 Å². The Morgan fingerprint density at radius 2 is 1.63 bits per heavy atom. The third-order valence-corrected chi connectivity index (χ3v) is 6.87. The van der Waals surface area contributed by atoms with Gasteiger partial charge < -0.3 is 15.1 Å². The van der Waals surface area contributed by atoms with E-state index in [1.807, 2.05) is 13.8 Å². The van der Waals surface area contributed by atoms with E-state index < -0.39 is 11.6 Å². The number of amides is 5. The summed E-state index contributed by atoms with van der Waals surface area (Å²) < 4.78 is 0. The molecule has 1 N–H and O–H groups in total. The molecule has 3 rings (SSSR count). The molecule has 2 saturated heterocycles. The summed E-state index contributed by atoms with van der Waals surface area (Å²) in [6.07, 6.45) is 3.09. The van der Waals surface area contributed by atoms with Gasteiger partial charge in [0.25, 0.3) is 5.91 Å². The van der Waals surface area contributed by atoms with E-state index in [1.54, 1.807) is 9.80 Å². The summed E-state index contributed by atoms with van der Waals surface area (Å²) in [4.78, 5) is 57.0. The summed E-state index contributed by atoms with van der Waals surface area (Å²) in [5, 5.41) is 2.86. The first-order valence-electron chi connectivity index (χ1n) is 11.2. The van der Waals surface area contributed by atoms with Crippen LogP contribution >= 0.6 is 0 Å². The fraction of sp³-hybridized carbons (Fsp3) is 0.810. The maximum atomic E-state index is 12.9. The van der Waals surface area contributed by atoms with Crippen molar-refractivity contribution in [3.8, 4) is 0 Å². The minimum Gasteiger partial charge on any atom is -0.342 e. The number of imide groups is 1. The molecule has 9 nitrogen and oxygen atoms in total. The van der Waals surface area contributed by atoms with Crippen LogP contribution in [0.3, 0.4) is 0 Å². The Labute approximate surface area is 178 Å². The number of piperazine rings is 1. The van der Waals surface area contributed by atoms with Crippen LogP contribution in [-0.4, -0.2) is 101 Å². The highest BCUT2D eigenvalue weighted by atomic mass is 16.2. The van der Waals surface area contributed by atoms with E-state index in [-0.39, 0.29) is 24.3 Å². The fourth-order valence-corrected chi connectivity index (χ4v) is 4.67. The first-order valence-corrected chi connectivity index (χ1v) is 11.2. The zero-order valence-electron chi connectivity index (χ0n) is 18.5. The number of carbonyl (C=O) groups excluding carboxylic acids is 4. The molecule has 5 amide bonds. The van der Waals surface area contributed by atoms with Crippen LogP contribution in [0.5, 0.6) is 0 Å². The van der Waals surface area contributed by atoms with Crippen LogP contribution in [0.4, 0.5) is 4.79 Å². The average molecular weight is 422 g/mol. The number of hydrogen-bond donors (Lipinski definition) is 1. The van der Waals surface area contributed by atoms with Crippen molar-refractivity contribution in [2.75, 3.05) is 52.4 Å². The molecule has 0 aromatic rings. The lowest BCUT2D eigenvalue weighted by molar-refractivity contribution is -0.141. The molecule has 1 aliphatic carbocycles. The van der Waals surface area contributed by atoms with Gasteiger partial charge in [-0.2, -0.15) is 0 Å². The molecule has 168 valence electrons. The normalized spacial score (nSPS) is 27.5. The Hall–Kier alpha value is -2.16. The highest BCUT2D eigenvalue weighted by Gasteiger charge is 2.52. The lowest BCUT2D eigenvalue weighted by Gasteiger charge is -2.36. The van der Waals surface area contributed by atoms with Crippen molar-refractivity contribution >= 4 is 23.8 Å². The Kier molecular flexibility index (Phi) is 7.00. The van der Waals surface area contributed by atoms with Gasteiger partial charge in [0.05, 0.1) is 6.54 Å². The number of nitrogens with zero attached hydrogens (tertiary/aromatic N) is 4. The summed E-state index contributed by atoms with van der Waals surface area (Å²) in [5.41, 5.74) is -0.812. The monoisotopic (exact) mass is 421 g/mol. The maximum absolute atomic E-state index is 12.9. The van der Waals surface area contributed by atoms with Gasteiger partial charge >= 0.3 is 6.03 Å². The molecule has 3 fully saturated rings. The van der Waals surface area contributed by atoms with Gasteiger partial charge in [-0.05, 0) is 45.4 Å². The molecule has 0 radical (unpaired) electrons. The minimum atomic E-state index is -0.812. The molecule has 0 atom stereocenters. The van der Waals surface area contributed by atoms with Gasteiger partial charge in [-0.15, -0.1) is 0 Å². The molecule has 30 heavy (non-hydrogen) atoms. The quantitative estimate of drug-likeness (QED) is 0.631. The lowest BCUT2D eigenvalue weighted by atomic mass is 9.77. The summed E-state index contributed by atoms with van der Waals surface area (Å²) in [6, 6.07) is -0.452. The number of likely N-dealkylation sites (N-methyl/N-ethyl adjacent to an activating group) is 1. The first-order chi connectivity index (χ1) is 14.3. The molecule has 2 heterocycles. The number of hydrogen-bond acceptors (Lipinski definition) is 5. The van der Waals surface area contributed by atoms with Gasteiger partial charge in [-0.3, -0.25) is 24.2 Å². The summed E-state index contributed by atoms with van der Waals surface area (Å²) in [5.74, 6) is 0.192. The number of nitrogens with one attached hydrogen (secondary N) is 1. The molecular weight excluding hydrogens is 386 g/mol. The average Bonchev–Trinajstić information content (AvgIpc) is 2.96.